The number of nitrogens with zero attached hydrogens (tertiary/aromatic N) is 3. The molecule has 0 aliphatic carbocycles. The first-order chi connectivity index (χ1) is 19.8. The Morgan fingerprint density at radius 2 is 2.05 bits per heavy atom. The summed E-state index contributed by atoms with van der Waals surface area (Å²) in [7, 11) is 3.95. The van der Waals surface area contributed by atoms with Gasteiger partial charge in [-0.3, -0.25) is 15.1 Å². The van der Waals surface area contributed by atoms with Crippen molar-refractivity contribution in [3.63, 3.8) is 0 Å². The molecule has 41 heavy (non-hydrogen) atoms. The van der Waals surface area contributed by atoms with Crippen molar-refractivity contribution < 1.29 is 14.3 Å². The number of piperidine rings is 1. The van der Waals surface area contributed by atoms with Crippen LogP contribution < -0.4 is 25.4 Å². The molecule has 9 nitrogen and oxygen atoms in total. The van der Waals surface area contributed by atoms with Gasteiger partial charge in [0.1, 0.15) is 24.2 Å². The van der Waals surface area contributed by atoms with Crippen molar-refractivity contribution in [2.24, 2.45) is 0 Å². The lowest BCUT2D eigenvalue weighted by atomic mass is 10.1. The first kappa shape index (κ1) is 30.7. The van der Waals surface area contributed by atoms with Gasteiger partial charge in [0.15, 0.2) is 0 Å². The van der Waals surface area contributed by atoms with Crippen LogP contribution in [0.1, 0.15) is 44.6 Å². The Labute approximate surface area is 251 Å². The molecule has 0 saturated carbocycles. The van der Waals surface area contributed by atoms with Gasteiger partial charge in [0.05, 0.1) is 39.6 Å². The van der Waals surface area contributed by atoms with Gasteiger partial charge in [-0.1, -0.05) is 11.6 Å². The number of rotatable bonds is 12. The number of aromatic nitrogens is 1. The minimum atomic E-state index is -0.113. The molecule has 1 aliphatic heterocycles. The molecule has 4 rings (SSSR count). The molecule has 0 radical (unpaired) electrons. The third kappa shape index (κ3) is 8.37. The minimum absolute atomic E-state index is 0.0366. The fourth-order valence-electron chi connectivity index (χ4n) is 4.71. The molecule has 218 valence electrons. The molecule has 1 fully saturated rings. The van der Waals surface area contributed by atoms with Gasteiger partial charge in [0, 0.05) is 35.8 Å². The van der Waals surface area contributed by atoms with Crippen LogP contribution >= 0.6 is 23.2 Å². The molecular formula is C30H36Cl2N6O3. The Bertz CT molecular complexity index is 1410. The van der Waals surface area contributed by atoms with Gasteiger partial charge in [0.2, 0.25) is 5.91 Å². The van der Waals surface area contributed by atoms with Crippen LogP contribution in [0.15, 0.2) is 36.5 Å². The second-order valence-corrected chi connectivity index (χ2v) is 11.2. The Hall–Kier alpha value is -3.29. The maximum absolute atomic E-state index is 12.7. The van der Waals surface area contributed by atoms with Crippen LogP contribution in [0.5, 0.6) is 11.5 Å². The Balaban J connectivity index is 1.58. The number of carbonyl (C=O) groups is 1. The van der Waals surface area contributed by atoms with Crippen molar-refractivity contribution in [1.29, 1.82) is 5.26 Å². The number of pyridine rings is 1. The van der Waals surface area contributed by atoms with E-state index in [0.29, 0.717) is 69.7 Å². The fourth-order valence-corrected chi connectivity index (χ4v) is 5.28. The van der Waals surface area contributed by atoms with Gasteiger partial charge in [0.25, 0.3) is 0 Å². The zero-order chi connectivity index (χ0) is 29.4. The molecule has 1 aliphatic rings. The molecule has 11 heteroatoms. The van der Waals surface area contributed by atoms with Gasteiger partial charge in [-0.2, -0.15) is 5.26 Å². The van der Waals surface area contributed by atoms with E-state index in [0.717, 1.165) is 32.2 Å². The number of nitrogens with one attached hydrogen (secondary N) is 3. The lowest BCUT2D eigenvalue weighted by Crippen LogP contribution is -2.42. The van der Waals surface area contributed by atoms with Crippen molar-refractivity contribution in [3.8, 4) is 17.6 Å². The summed E-state index contributed by atoms with van der Waals surface area (Å²) in [5.41, 5.74) is 2.67. The molecule has 3 N–H and O–H groups in total. The monoisotopic (exact) mass is 598 g/mol. The van der Waals surface area contributed by atoms with E-state index in [2.05, 4.69) is 27.0 Å². The highest BCUT2D eigenvalue weighted by atomic mass is 35.5. The van der Waals surface area contributed by atoms with Gasteiger partial charge in [-0.25, -0.2) is 0 Å². The van der Waals surface area contributed by atoms with E-state index in [1.807, 2.05) is 32.0 Å². The van der Waals surface area contributed by atoms with Crippen LogP contribution in [-0.2, 0) is 4.79 Å². The highest BCUT2D eigenvalue weighted by Gasteiger charge is 2.20. The number of amides is 1. The molecule has 3 aromatic rings. The Morgan fingerprint density at radius 3 is 2.76 bits per heavy atom. The molecule has 2 unspecified atom stereocenters. The summed E-state index contributed by atoms with van der Waals surface area (Å²) in [6.07, 6.45) is 5.62. The number of ether oxygens (including phenoxy) is 2. The van der Waals surface area contributed by atoms with Crippen LogP contribution in [0, 0.1) is 11.3 Å². The van der Waals surface area contributed by atoms with E-state index >= 15 is 0 Å². The average molecular weight is 600 g/mol. The number of anilines is 3. The highest BCUT2D eigenvalue weighted by molar-refractivity contribution is 6.32. The summed E-state index contributed by atoms with van der Waals surface area (Å²) >= 11 is 12.8. The quantitative estimate of drug-likeness (QED) is 0.165. The largest absolute Gasteiger partial charge is 0.492 e. The smallest absolute Gasteiger partial charge is 0.224 e. The number of carbonyl (C=O) groups excluding carboxylic acids is 1. The molecule has 2 aromatic carbocycles. The normalized spacial score (nSPS) is 16.8. The SMILES string of the molecule is CCOc1cc2ncc(C#N)c(Nc3ccc(OCC4CCCC(Cl)N4)c(Cl)c3)c2cc1NC(=O)CCCN(C)C. The van der Waals surface area contributed by atoms with Crippen LogP contribution in [0.3, 0.4) is 0 Å². The van der Waals surface area contributed by atoms with Crippen LogP contribution in [0.25, 0.3) is 10.9 Å². The zero-order valence-electron chi connectivity index (χ0n) is 23.6. The maximum Gasteiger partial charge on any atom is 0.224 e. The van der Waals surface area contributed by atoms with Crippen molar-refractivity contribution in [2.45, 2.75) is 50.6 Å². The Kier molecular flexibility index (Phi) is 10.9. The zero-order valence-corrected chi connectivity index (χ0v) is 25.1. The molecule has 2 atom stereocenters. The summed E-state index contributed by atoms with van der Waals surface area (Å²) in [5.74, 6) is 0.969. The predicted molar refractivity (Wildman–Crippen MR) is 165 cm³/mol. The number of benzene rings is 2. The van der Waals surface area contributed by atoms with Crippen molar-refractivity contribution in [1.82, 2.24) is 15.2 Å². The third-order valence-corrected chi connectivity index (χ3v) is 7.38. The van der Waals surface area contributed by atoms with Gasteiger partial charge in [-0.05, 0) is 77.5 Å². The molecule has 0 bridgehead atoms. The molecular weight excluding hydrogens is 563 g/mol. The summed E-state index contributed by atoms with van der Waals surface area (Å²) < 4.78 is 11.8. The lowest BCUT2D eigenvalue weighted by molar-refractivity contribution is -0.116. The van der Waals surface area contributed by atoms with Crippen molar-refractivity contribution in [2.75, 3.05) is 44.5 Å². The van der Waals surface area contributed by atoms with E-state index in [1.54, 1.807) is 24.3 Å². The standard InChI is InChI=1S/C30H36Cl2N6O3/c1-4-40-27-15-24-22(14-25(27)37-29(39)9-6-12-38(2)3)30(19(16-33)17-34-24)36-20-10-11-26(23(31)13-20)41-18-21-7-5-8-28(32)35-21/h10-11,13-15,17,21,28,35H,4-9,12,18H2,1-3H3,(H,34,36)(H,37,39). The molecule has 1 amide bonds. The third-order valence-electron chi connectivity index (χ3n) is 6.74. The maximum atomic E-state index is 12.7. The topological polar surface area (TPSA) is 112 Å². The first-order valence-electron chi connectivity index (χ1n) is 13.8. The van der Waals surface area contributed by atoms with Gasteiger partial charge < -0.3 is 25.0 Å². The number of halogens is 2. The second kappa shape index (κ2) is 14.6. The van der Waals surface area contributed by atoms with E-state index in [-0.39, 0.29) is 17.5 Å². The summed E-state index contributed by atoms with van der Waals surface area (Å²) in [4.78, 5) is 19.2. The Morgan fingerprint density at radius 1 is 1.22 bits per heavy atom. The number of nitriles is 1. The van der Waals surface area contributed by atoms with E-state index in [1.165, 1.54) is 6.20 Å². The molecule has 0 spiro atoms. The highest BCUT2D eigenvalue weighted by Crippen LogP contribution is 2.37. The molecule has 2 heterocycles. The number of alkyl halides is 1. The van der Waals surface area contributed by atoms with Gasteiger partial charge in [-0.15, -0.1) is 11.6 Å². The van der Waals surface area contributed by atoms with E-state index < -0.39 is 0 Å². The van der Waals surface area contributed by atoms with Crippen LogP contribution in [0.2, 0.25) is 5.02 Å². The van der Waals surface area contributed by atoms with Gasteiger partial charge >= 0.3 is 0 Å². The fraction of sp³-hybridized carbons (Fsp3) is 0.433. The molecule has 1 saturated heterocycles. The first-order valence-corrected chi connectivity index (χ1v) is 14.6. The predicted octanol–water partition coefficient (Wildman–Crippen LogP) is 6.27. The minimum Gasteiger partial charge on any atom is -0.492 e. The van der Waals surface area contributed by atoms with Crippen LogP contribution in [-0.4, -0.2) is 61.2 Å². The number of hydrogen-bond acceptors (Lipinski definition) is 8. The van der Waals surface area contributed by atoms with Crippen molar-refractivity contribution >= 4 is 57.1 Å². The van der Waals surface area contributed by atoms with E-state index in [9.17, 15) is 10.1 Å². The second-order valence-electron chi connectivity index (χ2n) is 10.3. The lowest BCUT2D eigenvalue weighted by Gasteiger charge is -2.27. The number of fused-ring (bicyclic) bond motifs is 1. The summed E-state index contributed by atoms with van der Waals surface area (Å²) in [5, 5.41) is 20.6. The average Bonchev–Trinajstić information content (AvgIpc) is 2.93. The summed E-state index contributed by atoms with van der Waals surface area (Å²) in [6, 6.07) is 11.3. The van der Waals surface area contributed by atoms with Crippen molar-refractivity contribution in [3.05, 3.63) is 47.1 Å². The van der Waals surface area contributed by atoms with E-state index in [4.69, 9.17) is 32.7 Å². The number of hydrogen-bond donors (Lipinski definition) is 3. The molecule has 1 aromatic heterocycles. The summed E-state index contributed by atoms with van der Waals surface area (Å²) in [6.45, 7) is 3.58. The van der Waals surface area contributed by atoms with Crippen LogP contribution in [0.4, 0.5) is 17.1 Å².